The fraction of sp³-hybridized carbons (Fsp3) is 0. The van der Waals surface area contributed by atoms with Gasteiger partial charge in [-0.05, 0) is 51.6 Å². The summed E-state index contributed by atoms with van der Waals surface area (Å²) >= 11 is 5.97. The lowest BCUT2D eigenvalue weighted by atomic mass is 10.0. The van der Waals surface area contributed by atoms with Crippen LogP contribution in [0.1, 0.15) is 16.7 Å². The molecule has 21 heavy (non-hydrogen) atoms. The fourth-order valence-corrected chi connectivity index (χ4v) is 3.06. The third-order valence-electron chi connectivity index (χ3n) is 3.91. The maximum absolute atomic E-state index is 5.97. The summed E-state index contributed by atoms with van der Waals surface area (Å²) in [5.74, 6) is 0. The number of halogens is 1. The van der Waals surface area contributed by atoms with Crippen LogP contribution in [0, 0.1) is 0 Å². The second kappa shape index (κ2) is 4.91. The molecule has 4 rings (SSSR count). The average molecular weight is 289 g/mol. The first kappa shape index (κ1) is 12.4. The Kier molecular flexibility index (Phi) is 2.90. The largest absolute Gasteiger partial charge is 0.0843 e. The molecule has 0 atom stereocenters. The predicted octanol–water partition coefficient (Wildman–Crippen LogP) is 5.91. The number of rotatable bonds is 1. The van der Waals surface area contributed by atoms with E-state index >= 15 is 0 Å². The minimum atomic E-state index is 0.768. The molecule has 1 aliphatic carbocycles. The van der Waals surface area contributed by atoms with Gasteiger partial charge in [0, 0.05) is 5.02 Å². The van der Waals surface area contributed by atoms with Gasteiger partial charge in [0.15, 0.2) is 0 Å². The molecular formula is C20H13Cl. The Labute approximate surface area is 129 Å². The van der Waals surface area contributed by atoms with Gasteiger partial charge >= 0.3 is 0 Å². The van der Waals surface area contributed by atoms with Crippen molar-refractivity contribution in [3.05, 3.63) is 94.5 Å². The van der Waals surface area contributed by atoms with Gasteiger partial charge in [-0.15, -0.1) is 0 Å². The van der Waals surface area contributed by atoms with E-state index in [9.17, 15) is 0 Å². The topological polar surface area (TPSA) is 0 Å². The van der Waals surface area contributed by atoms with E-state index in [2.05, 4.69) is 66.7 Å². The molecule has 0 saturated carbocycles. The third kappa shape index (κ3) is 2.09. The Morgan fingerprint density at radius 2 is 1.05 bits per heavy atom. The van der Waals surface area contributed by atoms with Gasteiger partial charge in [-0.1, -0.05) is 72.3 Å². The van der Waals surface area contributed by atoms with Crippen LogP contribution in [0.3, 0.4) is 0 Å². The molecule has 0 aliphatic heterocycles. The van der Waals surface area contributed by atoms with Crippen LogP contribution in [0.15, 0.2) is 72.8 Å². The van der Waals surface area contributed by atoms with Crippen molar-refractivity contribution in [2.75, 3.05) is 0 Å². The van der Waals surface area contributed by atoms with Crippen LogP contribution in [0.2, 0.25) is 5.02 Å². The summed E-state index contributed by atoms with van der Waals surface area (Å²) in [7, 11) is 0. The van der Waals surface area contributed by atoms with Crippen LogP contribution < -0.4 is 0 Å². The van der Waals surface area contributed by atoms with Crippen molar-refractivity contribution in [2.45, 2.75) is 0 Å². The lowest BCUT2D eigenvalue weighted by Gasteiger charge is -2.03. The summed E-state index contributed by atoms with van der Waals surface area (Å²) in [5, 5.41) is 0.768. The van der Waals surface area contributed by atoms with Crippen LogP contribution in [-0.4, -0.2) is 0 Å². The normalized spacial score (nSPS) is 12.0. The molecule has 0 saturated heterocycles. The van der Waals surface area contributed by atoms with Crippen LogP contribution in [0.5, 0.6) is 0 Å². The Bertz CT molecular complexity index is 794. The molecule has 0 spiro atoms. The highest BCUT2D eigenvalue weighted by molar-refractivity contribution is 6.30. The molecule has 1 heteroatoms. The Hall–Kier alpha value is -2.31. The Morgan fingerprint density at radius 3 is 1.57 bits per heavy atom. The third-order valence-corrected chi connectivity index (χ3v) is 4.16. The molecule has 0 amide bonds. The van der Waals surface area contributed by atoms with Crippen molar-refractivity contribution in [2.24, 2.45) is 0 Å². The Morgan fingerprint density at radius 1 is 0.571 bits per heavy atom. The summed E-state index contributed by atoms with van der Waals surface area (Å²) in [4.78, 5) is 0. The molecule has 0 aromatic heterocycles. The average Bonchev–Trinajstić information content (AvgIpc) is 2.85. The van der Waals surface area contributed by atoms with Crippen molar-refractivity contribution in [1.82, 2.24) is 0 Å². The van der Waals surface area contributed by atoms with Crippen molar-refractivity contribution < 1.29 is 0 Å². The zero-order valence-corrected chi connectivity index (χ0v) is 12.1. The first-order valence-corrected chi connectivity index (χ1v) is 7.37. The highest BCUT2D eigenvalue weighted by Crippen LogP contribution is 2.44. The van der Waals surface area contributed by atoms with Crippen molar-refractivity contribution in [1.29, 1.82) is 0 Å². The SMILES string of the molecule is Clc1ccc(C=C2c3ccccc3-c3ccccc32)cc1. The van der Waals surface area contributed by atoms with E-state index in [1.807, 2.05) is 12.1 Å². The van der Waals surface area contributed by atoms with Crippen molar-refractivity contribution >= 4 is 23.3 Å². The molecule has 0 fully saturated rings. The van der Waals surface area contributed by atoms with E-state index in [0.717, 1.165) is 5.02 Å². The monoisotopic (exact) mass is 288 g/mol. The maximum Gasteiger partial charge on any atom is 0.0406 e. The molecule has 100 valence electrons. The smallest absolute Gasteiger partial charge is 0.0406 e. The summed E-state index contributed by atoms with van der Waals surface area (Å²) in [5.41, 5.74) is 7.67. The van der Waals surface area contributed by atoms with E-state index in [1.165, 1.54) is 33.4 Å². The van der Waals surface area contributed by atoms with Gasteiger partial charge in [0.1, 0.15) is 0 Å². The van der Waals surface area contributed by atoms with E-state index < -0.39 is 0 Å². The van der Waals surface area contributed by atoms with Gasteiger partial charge in [-0.25, -0.2) is 0 Å². The second-order valence-electron chi connectivity index (χ2n) is 5.20. The van der Waals surface area contributed by atoms with Crippen LogP contribution in [0.25, 0.3) is 22.8 Å². The predicted molar refractivity (Wildman–Crippen MR) is 90.3 cm³/mol. The zero-order valence-electron chi connectivity index (χ0n) is 11.4. The number of hydrogen-bond acceptors (Lipinski definition) is 0. The summed E-state index contributed by atoms with van der Waals surface area (Å²) in [6.45, 7) is 0. The van der Waals surface area contributed by atoms with E-state index in [1.54, 1.807) is 0 Å². The summed E-state index contributed by atoms with van der Waals surface area (Å²) in [6, 6.07) is 25.1. The molecular weight excluding hydrogens is 276 g/mol. The van der Waals surface area contributed by atoms with E-state index in [0.29, 0.717) is 0 Å². The quantitative estimate of drug-likeness (QED) is 0.408. The highest BCUT2D eigenvalue weighted by Gasteiger charge is 2.21. The minimum Gasteiger partial charge on any atom is -0.0843 e. The number of benzene rings is 3. The van der Waals surface area contributed by atoms with Gasteiger partial charge in [0.05, 0.1) is 0 Å². The Balaban J connectivity index is 1.94. The van der Waals surface area contributed by atoms with Crippen LogP contribution >= 0.6 is 11.6 Å². The van der Waals surface area contributed by atoms with Gasteiger partial charge in [0.25, 0.3) is 0 Å². The summed E-state index contributed by atoms with van der Waals surface area (Å²) in [6.07, 6.45) is 2.24. The molecule has 0 nitrogen and oxygen atoms in total. The van der Waals surface area contributed by atoms with Gasteiger partial charge < -0.3 is 0 Å². The molecule has 0 N–H and O–H groups in total. The summed E-state index contributed by atoms with van der Waals surface area (Å²) < 4.78 is 0. The highest BCUT2D eigenvalue weighted by atomic mass is 35.5. The molecule has 0 radical (unpaired) electrons. The maximum atomic E-state index is 5.97. The molecule has 0 unspecified atom stereocenters. The van der Waals surface area contributed by atoms with E-state index in [4.69, 9.17) is 11.6 Å². The number of hydrogen-bond donors (Lipinski definition) is 0. The minimum absolute atomic E-state index is 0.768. The van der Waals surface area contributed by atoms with Crippen molar-refractivity contribution in [3.63, 3.8) is 0 Å². The van der Waals surface area contributed by atoms with Crippen LogP contribution in [0.4, 0.5) is 0 Å². The van der Waals surface area contributed by atoms with Gasteiger partial charge in [-0.2, -0.15) is 0 Å². The lowest BCUT2D eigenvalue weighted by Crippen LogP contribution is -1.81. The molecule has 0 heterocycles. The number of fused-ring (bicyclic) bond motifs is 3. The first-order valence-electron chi connectivity index (χ1n) is 6.99. The van der Waals surface area contributed by atoms with Gasteiger partial charge in [0.2, 0.25) is 0 Å². The second-order valence-corrected chi connectivity index (χ2v) is 5.64. The van der Waals surface area contributed by atoms with Crippen LogP contribution in [-0.2, 0) is 0 Å². The standard InChI is InChI=1S/C20H13Cl/c21-15-11-9-14(10-12-15)13-20-18-7-3-1-5-16(18)17-6-2-4-8-19(17)20/h1-13H. The van der Waals surface area contributed by atoms with Gasteiger partial charge in [-0.3, -0.25) is 0 Å². The van der Waals surface area contributed by atoms with Crippen molar-refractivity contribution in [3.8, 4) is 11.1 Å². The molecule has 0 bridgehead atoms. The molecule has 3 aromatic carbocycles. The zero-order chi connectivity index (χ0) is 14.2. The first-order chi connectivity index (χ1) is 10.3. The lowest BCUT2D eigenvalue weighted by molar-refractivity contribution is 1.64. The molecule has 1 aliphatic rings. The van der Waals surface area contributed by atoms with E-state index in [-0.39, 0.29) is 0 Å². The fourth-order valence-electron chi connectivity index (χ4n) is 2.93. The molecule has 3 aromatic rings.